The Kier molecular flexibility index (Phi) is 7.62. The van der Waals surface area contributed by atoms with E-state index in [0.29, 0.717) is 23.3 Å². The number of hydrogen-bond acceptors (Lipinski definition) is 5. The van der Waals surface area contributed by atoms with Crippen LogP contribution in [0.4, 0.5) is 19.3 Å². The zero-order valence-electron chi connectivity index (χ0n) is 20.4. The van der Waals surface area contributed by atoms with E-state index in [2.05, 4.69) is 5.32 Å². The van der Waals surface area contributed by atoms with Gasteiger partial charge in [-0.3, -0.25) is 9.36 Å². The minimum Gasteiger partial charge on any atom is -0.444 e. The Hall–Kier alpha value is -3.69. The van der Waals surface area contributed by atoms with Gasteiger partial charge in [-0.25, -0.2) is 18.4 Å². The number of benzene rings is 2. The lowest BCUT2D eigenvalue weighted by Gasteiger charge is -2.28. The van der Waals surface area contributed by atoms with Crippen LogP contribution in [0.25, 0.3) is 11.1 Å². The second-order valence-electron chi connectivity index (χ2n) is 9.03. The lowest BCUT2D eigenvalue weighted by atomic mass is 10.0. The van der Waals surface area contributed by atoms with Gasteiger partial charge >= 0.3 is 11.8 Å². The molecular weight excluding hydrogens is 460 g/mol. The molecule has 1 atom stereocenters. The number of halogens is 2. The molecule has 3 aromatic rings. The number of oxazole rings is 1. The molecule has 1 N–H and O–H groups in total. The molecule has 0 spiro atoms. The fourth-order valence-corrected chi connectivity index (χ4v) is 3.79. The van der Waals surface area contributed by atoms with Crippen molar-refractivity contribution < 1.29 is 27.5 Å². The van der Waals surface area contributed by atoms with Gasteiger partial charge in [0.15, 0.2) is 5.58 Å². The van der Waals surface area contributed by atoms with Crippen molar-refractivity contribution in [1.82, 2.24) is 9.88 Å². The van der Waals surface area contributed by atoms with Crippen LogP contribution >= 0.6 is 0 Å². The lowest BCUT2D eigenvalue weighted by Crippen LogP contribution is -2.51. The normalized spacial score (nSPS) is 12.4. The SMILES string of the molecule is CCN(C(=O)[C@H](Cc1cc(F)cc(F)c1)NC(=O)OC(C)(C)C)c1ccc2oc(=O)n(CC)c2c1. The van der Waals surface area contributed by atoms with Gasteiger partial charge in [0, 0.05) is 31.3 Å². The topological polar surface area (TPSA) is 93.8 Å². The third-order valence-corrected chi connectivity index (χ3v) is 5.21. The van der Waals surface area contributed by atoms with Crippen LogP contribution in [0.15, 0.2) is 45.6 Å². The van der Waals surface area contributed by atoms with Gasteiger partial charge in [-0.05, 0) is 70.5 Å². The molecule has 0 aliphatic rings. The predicted molar refractivity (Wildman–Crippen MR) is 127 cm³/mol. The average Bonchev–Trinajstić information content (AvgIpc) is 3.05. The van der Waals surface area contributed by atoms with Gasteiger partial charge in [-0.2, -0.15) is 0 Å². The first kappa shape index (κ1) is 25.9. The largest absolute Gasteiger partial charge is 0.444 e. The molecule has 10 heteroatoms. The van der Waals surface area contributed by atoms with E-state index in [9.17, 15) is 23.2 Å². The molecule has 0 bridgehead atoms. The predicted octanol–water partition coefficient (Wildman–Crippen LogP) is 4.38. The Morgan fingerprint density at radius 3 is 2.34 bits per heavy atom. The average molecular weight is 490 g/mol. The number of nitrogens with zero attached hydrogens (tertiary/aromatic N) is 2. The molecule has 0 saturated carbocycles. The van der Waals surface area contributed by atoms with Crippen molar-refractivity contribution in [3.63, 3.8) is 0 Å². The molecule has 188 valence electrons. The van der Waals surface area contributed by atoms with Gasteiger partial charge in [-0.1, -0.05) is 0 Å². The van der Waals surface area contributed by atoms with Crippen LogP contribution in [0.2, 0.25) is 0 Å². The number of nitrogens with one attached hydrogen (secondary N) is 1. The van der Waals surface area contributed by atoms with Gasteiger partial charge in [0.05, 0.1) is 5.52 Å². The maximum atomic E-state index is 13.8. The minimum absolute atomic E-state index is 0.170. The minimum atomic E-state index is -1.18. The molecule has 8 nitrogen and oxygen atoms in total. The van der Waals surface area contributed by atoms with Gasteiger partial charge in [0.2, 0.25) is 5.91 Å². The summed E-state index contributed by atoms with van der Waals surface area (Å²) in [5.41, 5.74) is 0.740. The van der Waals surface area contributed by atoms with Gasteiger partial charge in [-0.15, -0.1) is 0 Å². The monoisotopic (exact) mass is 489 g/mol. The fraction of sp³-hybridized carbons (Fsp3) is 0.400. The number of hydrogen-bond donors (Lipinski definition) is 1. The molecule has 35 heavy (non-hydrogen) atoms. The highest BCUT2D eigenvalue weighted by Gasteiger charge is 2.29. The second kappa shape index (κ2) is 10.3. The molecule has 1 heterocycles. The number of carbonyl (C=O) groups excluding carboxylic acids is 2. The highest BCUT2D eigenvalue weighted by atomic mass is 19.1. The maximum Gasteiger partial charge on any atom is 0.419 e. The third kappa shape index (κ3) is 6.26. The van der Waals surface area contributed by atoms with E-state index in [4.69, 9.17) is 9.15 Å². The van der Waals surface area contributed by atoms with Crippen LogP contribution in [-0.4, -0.2) is 34.8 Å². The zero-order chi connectivity index (χ0) is 25.9. The fourth-order valence-electron chi connectivity index (χ4n) is 3.79. The van der Waals surface area contributed by atoms with Crippen LogP contribution < -0.4 is 16.0 Å². The van der Waals surface area contributed by atoms with Crippen molar-refractivity contribution in [1.29, 1.82) is 0 Å². The number of anilines is 1. The van der Waals surface area contributed by atoms with E-state index in [1.54, 1.807) is 52.8 Å². The summed E-state index contributed by atoms with van der Waals surface area (Å²) in [5, 5.41) is 2.54. The molecule has 1 aromatic heterocycles. The van der Waals surface area contributed by atoms with E-state index >= 15 is 0 Å². The summed E-state index contributed by atoms with van der Waals surface area (Å²) in [7, 11) is 0. The van der Waals surface area contributed by atoms with Crippen molar-refractivity contribution in [2.24, 2.45) is 0 Å². The smallest absolute Gasteiger partial charge is 0.419 e. The molecule has 0 aliphatic heterocycles. The third-order valence-electron chi connectivity index (χ3n) is 5.21. The number of carbonyl (C=O) groups is 2. The molecule has 2 amide bonds. The molecule has 0 radical (unpaired) electrons. The Morgan fingerprint density at radius 1 is 1.11 bits per heavy atom. The first-order valence-electron chi connectivity index (χ1n) is 11.3. The number of fused-ring (bicyclic) bond motifs is 1. The van der Waals surface area contributed by atoms with E-state index < -0.39 is 41.0 Å². The standard InChI is InChI=1S/C25H29F2N3O5/c1-6-29(18-8-9-21-20(14-18)30(7-2)24(33)34-21)22(31)19(28-23(32)35-25(3,4)5)12-15-10-16(26)13-17(27)11-15/h8-11,13-14,19H,6-7,12H2,1-5H3,(H,28,32)/t19-/m0/s1. The van der Waals surface area contributed by atoms with Crippen LogP contribution in [0.1, 0.15) is 40.2 Å². The number of aromatic nitrogens is 1. The quantitative estimate of drug-likeness (QED) is 0.532. The molecular formula is C25H29F2N3O5. The van der Waals surface area contributed by atoms with Crippen molar-refractivity contribution in [3.05, 3.63) is 64.1 Å². The number of aryl methyl sites for hydroxylation is 1. The van der Waals surface area contributed by atoms with Gasteiger partial charge < -0.3 is 19.4 Å². The second-order valence-corrected chi connectivity index (χ2v) is 9.03. The molecule has 0 fully saturated rings. The summed E-state index contributed by atoms with van der Waals surface area (Å²) < 4.78 is 39.5. The van der Waals surface area contributed by atoms with E-state index in [0.717, 1.165) is 18.2 Å². The first-order valence-corrected chi connectivity index (χ1v) is 11.3. The number of ether oxygens (including phenoxy) is 1. The van der Waals surface area contributed by atoms with E-state index in [1.165, 1.54) is 9.47 Å². The summed E-state index contributed by atoms with van der Waals surface area (Å²) in [4.78, 5) is 39.6. The highest BCUT2D eigenvalue weighted by molar-refractivity contribution is 6.00. The van der Waals surface area contributed by atoms with Crippen molar-refractivity contribution in [3.8, 4) is 0 Å². The molecule has 3 rings (SSSR count). The Labute approximate surface area is 201 Å². The van der Waals surface area contributed by atoms with Crippen molar-refractivity contribution >= 4 is 28.8 Å². The van der Waals surface area contributed by atoms with Gasteiger partial charge in [0.1, 0.15) is 23.3 Å². The molecule has 0 aliphatic carbocycles. The van der Waals surface area contributed by atoms with Crippen molar-refractivity contribution in [2.45, 2.75) is 59.2 Å². The number of alkyl carbamates (subject to hydrolysis) is 1. The molecule has 0 saturated heterocycles. The Balaban J connectivity index is 1.98. The maximum absolute atomic E-state index is 13.8. The van der Waals surface area contributed by atoms with Crippen LogP contribution in [0, 0.1) is 11.6 Å². The van der Waals surface area contributed by atoms with Gasteiger partial charge in [0.25, 0.3) is 0 Å². The molecule has 0 unspecified atom stereocenters. The van der Waals surface area contributed by atoms with Crippen LogP contribution in [-0.2, 0) is 22.5 Å². The number of rotatable bonds is 7. The first-order chi connectivity index (χ1) is 16.4. The summed E-state index contributed by atoms with van der Waals surface area (Å²) in [6.07, 6.45) is -1.01. The van der Waals surface area contributed by atoms with Crippen LogP contribution in [0.5, 0.6) is 0 Å². The van der Waals surface area contributed by atoms with E-state index in [-0.39, 0.29) is 18.5 Å². The Bertz CT molecular complexity index is 1270. The Morgan fingerprint density at radius 2 is 1.77 bits per heavy atom. The summed E-state index contributed by atoms with van der Waals surface area (Å²) in [6, 6.07) is 6.62. The summed E-state index contributed by atoms with van der Waals surface area (Å²) >= 11 is 0. The van der Waals surface area contributed by atoms with E-state index in [1.807, 2.05) is 0 Å². The number of likely N-dealkylation sites (N-methyl/N-ethyl adjacent to an activating group) is 1. The summed E-state index contributed by atoms with van der Waals surface area (Å²) in [6.45, 7) is 9.18. The highest BCUT2D eigenvalue weighted by Crippen LogP contribution is 2.23. The molecule has 2 aromatic carbocycles. The summed E-state index contributed by atoms with van der Waals surface area (Å²) in [5.74, 6) is -2.61. The lowest BCUT2D eigenvalue weighted by molar-refractivity contribution is -0.120. The zero-order valence-corrected chi connectivity index (χ0v) is 20.4. The van der Waals surface area contributed by atoms with Crippen molar-refractivity contribution in [2.75, 3.05) is 11.4 Å². The number of amides is 2. The van der Waals surface area contributed by atoms with Crippen LogP contribution in [0.3, 0.4) is 0 Å².